The van der Waals surface area contributed by atoms with Crippen molar-refractivity contribution < 1.29 is 4.79 Å². The SMILES string of the molecule is CCCCCCCCC=CCCCCCCCC(=O)Nc1nnc(NCc2cccc3ccccc23)s1. The van der Waals surface area contributed by atoms with Crippen LogP contribution in [-0.2, 0) is 11.3 Å². The minimum absolute atomic E-state index is 0.0226. The van der Waals surface area contributed by atoms with Crippen LogP contribution >= 0.6 is 11.3 Å². The lowest BCUT2D eigenvalue weighted by Gasteiger charge is -2.06. The average molecular weight is 521 g/mol. The number of nitrogens with zero attached hydrogens (tertiary/aromatic N) is 2. The second-order valence-electron chi connectivity index (χ2n) is 9.79. The molecule has 0 spiro atoms. The largest absolute Gasteiger partial charge is 0.356 e. The number of aromatic nitrogens is 2. The van der Waals surface area contributed by atoms with Gasteiger partial charge in [-0.1, -0.05) is 124 Å². The van der Waals surface area contributed by atoms with Gasteiger partial charge in [-0.25, -0.2) is 0 Å². The zero-order valence-corrected chi connectivity index (χ0v) is 23.3. The highest BCUT2D eigenvalue weighted by Gasteiger charge is 2.09. The topological polar surface area (TPSA) is 66.9 Å². The Labute approximate surface area is 227 Å². The van der Waals surface area contributed by atoms with Gasteiger partial charge < -0.3 is 10.6 Å². The zero-order chi connectivity index (χ0) is 26.0. The summed E-state index contributed by atoms with van der Waals surface area (Å²) in [5.74, 6) is 0.0226. The van der Waals surface area contributed by atoms with E-state index < -0.39 is 0 Å². The molecule has 37 heavy (non-hydrogen) atoms. The van der Waals surface area contributed by atoms with E-state index in [1.54, 1.807) is 0 Å². The number of fused-ring (bicyclic) bond motifs is 1. The molecule has 0 aliphatic carbocycles. The molecule has 1 aromatic heterocycles. The molecule has 0 unspecified atom stereocenters. The van der Waals surface area contributed by atoms with Crippen LogP contribution in [0.1, 0.15) is 102 Å². The minimum atomic E-state index is 0.0226. The Kier molecular flexibility index (Phi) is 13.8. The number of hydrogen-bond donors (Lipinski definition) is 2. The first kappa shape index (κ1) is 28.8. The van der Waals surface area contributed by atoms with Crippen LogP contribution in [0.3, 0.4) is 0 Å². The monoisotopic (exact) mass is 520 g/mol. The number of carbonyl (C=O) groups is 1. The summed E-state index contributed by atoms with van der Waals surface area (Å²) in [6.07, 6.45) is 21.6. The Hall–Kier alpha value is -2.73. The van der Waals surface area contributed by atoms with Crippen LogP contribution in [0.5, 0.6) is 0 Å². The van der Waals surface area contributed by atoms with Gasteiger partial charge in [-0.05, 0) is 48.4 Å². The van der Waals surface area contributed by atoms with Gasteiger partial charge in [0.25, 0.3) is 0 Å². The highest BCUT2D eigenvalue weighted by Crippen LogP contribution is 2.23. The lowest BCUT2D eigenvalue weighted by atomic mass is 10.0. The lowest BCUT2D eigenvalue weighted by Crippen LogP contribution is -2.10. The Balaban J connectivity index is 1.20. The molecule has 0 saturated heterocycles. The first-order valence-corrected chi connectivity index (χ1v) is 15.1. The van der Waals surface area contributed by atoms with Crippen LogP contribution in [0.4, 0.5) is 10.3 Å². The Bertz CT molecular complexity index is 1070. The summed E-state index contributed by atoms with van der Waals surface area (Å²) in [6, 6.07) is 14.7. The second-order valence-corrected chi connectivity index (χ2v) is 10.8. The highest BCUT2D eigenvalue weighted by atomic mass is 32.1. The molecule has 0 bridgehead atoms. The minimum Gasteiger partial charge on any atom is -0.356 e. The highest BCUT2D eigenvalue weighted by molar-refractivity contribution is 7.19. The molecule has 1 heterocycles. The van der Waals surface area contributed by atoms with Gasteiger partial charge in [0.1, 0.15) is 0 Å². The normalized spacial score (nSPS) is 11.4. The van der Waals surface area contributed by atoms with Crippen molar-refractivity contribution in [1.29, 1.82) is 0 Å². The number of unbranched alkanes of at least 4 members (excludes halogenated alkanes) is 11. The number of hydrogen-bond acceptors (Lipinski definition) is 5. The van der Waals surface area contributed by atoms with Crippen LogP contribution in [0.15, 0.2) is 54.6 Å². The number of carbonyl (C=O) groups excluding carboxylic acids is 1. The second kappa shape index (κ2) is 17.7. The van der Waals surface area contributed by atoms with E-state index in [4.69, 9.17) is 0 Å². The summed E-state index contributed by atoms with van der Waals surface area (Å²) in [4.78, 5) is 12.3. The van der Waals surface area contributed by atoms with Gasteiger partial charge in [-0.15, -0.1) is 10.2 Å². The van der Waals surface area contributed by atoms with Crippen LogP contribution in [0, 0.1) is 0 Å². The maximum absolute atomic E-state index is 12.3. The predicted octanol–water partition coefficient (Wildman–Crippen LogP) is 9.28. The summed E-state index contributed by atoms with van der Waals surface area (Å²) < 4.78 is 0. The fourth-order valence-electron chi connectivity index (χ4n) is 4.50. The van der Waals surface area contributed by atoms with E-state index in [0.717, 1.165) is 12.8 Å². The molecule has 0 saturated carbocycles. The maximum atomic E-state index is 12.3. The van der Waals surface area contributed by atoms with Gasteiger partial charge in [-0.2, -0.15) is 0 Å². The molecule has 0 atom stereocenters. The Morgan fingerprint density at radius 3 is 2.22 bits per heavy atom. The van der Waals surface area contributed by atoms with E-state index in [0.29, 0.717) is 23.2 Å². The molecule has 2 aromatic carbocycles. The molecule has 6 heteroatoms. The quantitative estimate of drug-likeness (QED) is 0.122. The summed E-state index contributed by atoms with van der Waals surface area (Å²) in [5.41, 5.74) is 1.21. The van der Waals surface area contributed by atoms with Crippen LogP contribution < -0.4 is 10.6 Å². The fourth-order valence-corrected chi connectivity index (χ4v) is 5.16. The summed E-state index contributed by atoms with van der Waals surface area (Å²) in [5, 5.41) is 18.3. The third kappa shape index (κ3) is 11.5. The molecular formula is C31H44N4OS. The zero-order valence-electron chi connectivity index (χ0n) is 22.5. The molecule has 0 radical (unpaired) electrons. The predicted molar refractivity (Wildman–Crippen MR) is 159 cm³/mol. The van der Waals surface area contributed by atoms with Gasteiger partial charge in [0.05, 0.1) is 0 Å². The van der Waals surface area contributed by atoms with Gasteiger partial charge in [0.2, 0.25) is 16.2 Å². The van der Waals surface area contributed by atoms with E-state index in [1.807, 2.05) is 0 Å². The number of allylic oxidation sites excluding steroid dienone is 2. The first-order chi connectivity index (χ1) is 18.3. The van der Waals surface area contributed by atoms with Gasteiger partial charge >= 0.3 is 0 Å². The summed E-state index contributed by atoms with van der Waals surface area (Å²) >= 11 is 1.38. The van der Waals surface area contributed by atoms with Crippen LogP contribution in [0.25, 0.3) is 10.8 Å². The third-order valence-electron chi connectivity index (χ3n) is 6.65. The molecule has 1 amide bonds. The van der Waals surface area contributed by atoms with Gasteiger partial charge in [-0.3, -0.25) is 4.79 Å². The Morgan fingerprint density at radius 1 is 0.784 bits per heavy atom. The Morgan fingerprint density at radius 2 is 1.43 bits per heavy atom. The lowest BCUT2D eigenvalue weighted by molar-refractivity contribution is -0.116. The molecule has 5 nitrogen and oxygen atoms in total. The van der Waals surface area contributed by atoms with Crippen molar-refractivity contribution >= 4 is 38.3 Å². The molecule has 3 aromatic rings. The van der Waals surface area contributed by atoms with Crippen molar-refractivity contribution in [3.8, 4) is 0 Å². The van der Waals surface area contributed by atoms with Gasteiger partial charge in [0.15, 0.2) is 0 Å². The standard InChI is InChI=1S/C31H44N4OS/c1-2-3-4-5-6-7-8-9-10-11-12-13-14-15-16-24-29(36)33-31-35-34-30(37-31)32-25-27-22-19-21-26-20-17-18-23-28(26)27/h9-10,17-23H,2-8,11-16,24-25H2,1H3,(H,32,34)(H,33,35,36). The van der Waals surface area contributed by atoms with Gasteiger partial charge in [0, 0.05) is 13.0 Å². The van der Waals surface area contributed by atoms with E-state index >= 15 is 0 Å². The van der Waals surface area contributed by atoms with E-state index in [-0.39, 0.29) is 5.91 Å². The van der Waals surface area contributed by atoms with E-state index in [2.05, 4.69) is 82.4 Å². The van der Waals surface area contributed by atoms with Crippen LogP contribution in [0.2, 0.25) is 0 Å². The smallest absolute Gasteiger partial charge is 0.226 e. The molecule has 0 aliphatic heterocycles. The number of benzene rings is 2. The number of anilines is 2. The van der Waals surface area contributed by atoms with Crippen molar-refractivity contribution in [2.75, 3.05) is 10.6 Å². The van der Waals surface area contributed by atoms with Crippen molar-refractivity contribution in [3.05, 3.63) is 60.2 Å². The fraction of sp³-hybridized carbons (Fsp3) is 0.516. The molecule has 200 valence electrons. The third-order valence-corrected chi connectivity index (χ3v) is 7.44. The number of nitrogens with one attached hydrogen (secondary N) is 2. The summed E-state index contributed by atoms with van der Waals surface area (Å²) in [7, 11) is 0. The number of amides is 1. The number of rotatable bonds is 19. The average Bonchev–Trinajstić information content (AvgIpc) is 3.36. The van der Waals surface area contributed by atoms with Crippen molar-refractivity contribution in [3.63, 3.8) is 0 Å². The van der Waals surface area contributed by atoms with Crippen molar-refractivity contribution in [2.24, 2.45) is 0 Å². The van der Waals surface area contributed by atoms with Crippen molar-refractivity contribution in [1.82, 2.24) is 10.2 Å². The molecule has 2 N–H and O–H groups in total. The molecule has 0 fully saturated rings. The first-order valence-electron chi connectivity index (χ1n) is 14.2. The van der Waals surface area contributed by atoms with E-state index in [9.17, 15) is 4.79 Å². The molecule has 0 aliphatic rings. The van der Waals surface area contributed by atoms with Crippen molar-refractivity contribution in [2.45, 2.75) is 103 Å². The molecular weight excluding hydrogens is 476 g/mol. The summed E-state index contributed by atoms with van der Waals surface area (Å²) in [6.45, 7) is 2.93. The van der Waals surface area contributed by atoms with E-state index in [1.165, 1.54) is 98.3 Å². The van der Waals surface area contributed by atoms with Crippen LogP contribution in [-0.4, -0.2) is 16.1 Å². The maximum Gasteiger partial charge on any atom is 0.226 e. The molecule has 3 rings (SSSR count).